The van der Waals surface area contributed by atoms with Crippen LogP contribution in [0.2, 0.25) is 0 Å². The first-order valence-electron chi connectivity index (χ1n) is 3.83. The van der Waals surface area contributed by atoms with Gasteiger partial charge in [-0.1, -0.05) is 0 Å². The highest BCUT2D eigenvalue weighted by Crippen LogP contribution is 2.02. The minimum Gasteiger partial charge on any atom is -0.375 e. The van der Waals surface area contributed by atoms with Crippen LogP contribution in [0.25, 0.3) is 0 Å². The summed E-state index contributed by atoms with van der Waals surface area (Å²) in [6.45, 7) is 4.49. The predicted molar refractivity (Wildman–Crippen MR) is 44.5 cm³/mol. The molecular formula is C7H15N3O. The minimum atomic E-state index is 0.268. The zero-order valence-electron chi connectivity index (χ0n) is 7.08. The molecule has 1 saturated heterocycles. The fourth-order valence-electron chi connectivity index (χ4n) is 1.17. The predicted octanol–water partition coefficient (Wildman–Crippen LogP) is -0.348. The molecule has 4 heteroatoms. The third kappa shape index (κ3) is 2.08. The average molecular weight is 157 g/mol. The van der Waals surface area contributed by atoms with E-state index in [1.165, 1.54) is 0 Å². The molecule has 1 aliphatic heterocycles. The van der Waals surface area contributed by atoms with Crippen molar-refractivity contribution in [3.8, 4) is 0 Å². The maximum atomic E-state index is 5.63. The molecule has 0 aromatic rings. The molecule has 2 N–H and O–H groups in total. The van der Waals surface area contributed by atoms with E-state index < -0.39 is 0 Å². The summed E-state index contributed by atoms with van der Waals surface area (Å²) < 4.78 is 5.35. The molecule has 1 fully saturated rings. The minimum absolute atomic E-state index is 0.268. The van der Waals surface area contributed by atoms with Gasteiger partial charge in [-0.05, 0) is 6.92 Å². The lowest BCUT2D eigenvalue weighted by molar-refractivity contribution is 0.00535. The van der Waals surface area contributed by atoms with Gasteiger partial charge in [-0.3, -0.25) is 4.99 Å². The summed E-state index contributed by atoms with van der Waals surface area (Å²) in [4.78, 5) is 5.95. The molecule has 1 unspecified atom stereocenters. The van der Waals surface area contributed by atoms with Crippen LogP contribution >= 0.6 is 0 Å². The fourth-order valence-corrected chi connectivity index (χ4v) is 1.17. The van der Waals surface area contributed by atoms with Gasteiger partial charge in [-0.25, -0.2) is 0 Å². The Kier molecular flexibility index (Phi) is 2.70. The van der Waals surface area contributed by atoms with Crippen LogP contribution in [0.15, 0.2) is 4.99 Å². The Labute approximate surface area is 67.0 Å². The number of nitrogens with two attached hydrogens (primary N) is 1. The van der Waals surface area contributed by atoms with Gasteiger partial charge in [-0.2, -0.15) is 0 Å². The SMILES string of the molecule is CN=C(N)N1CCOC(C)C1. The maximum absolute atomic E-state index is 5.63. The highest BCUT2D eigenvalue weighted by atomic mass is 16.5. The number of hydrogen-bond acceptors (Lipinski definition) is 2. The molecule has 1 rings (SSSR count). The Bertz CT molecular complexity index is 158. The second-order valence-electron chi connectivity index (χ2n) is 2.71. The summed E-state index contributed by atoms with van der Waals surface area (Å²) in [5, 5.41) is 0. The molecule has 0 aliphatic carbocycles. The number of nitrogens with zero attached hydrogens (tertiary/aromatic N) is 2. The molecule has 0 aromatic carbocycles. The Hall–Kier alpha value is -0.770. The van der Waals surface area contributed by atoms with Crippen molar-refractivity contribution < 1.29 is 4.74 Å². The number of rotatable bonds is 0. The van der Waals surface area contributed by atoms with Crippen molar-refractivity contribution in [1.82, 2.24) is 4.90 Å². The zero-order chi connectivity index (χ0) is 8.27. The summed E-state index contributed by atoms with van der Waals surface area (Å²) in [5.41, 5.74) is 5.63. The van der Waals surface area contributed by atoms with Crippen LogP contribution in [-0.2, 0) is 4.74 Å². The number of ether oxygens (including phenoxy) is 1. The van der Waals surface area contributed by atoms with Crippen LogP contribution in [0.3, 0.4) is 0 Å². The third-order valence-electron chi connectivity index (χ3n) is 1.79. The Balaban J connectivity index is 2.46. The summed E-state index contributed by atoms with van der Waals surface area (Å²) in [5.74, 6) is 0.611. The van der Waals surface area contributed by atoms with Crippen molar-refractivity contribution in [2.75, 3.05) is 26.7 Å². The molecule has 1 aliphatic rings. The number of aliphatic imine (C=N–C) groups is 1. The van der Waals surface area contributed by atoms with E-state index in [4.69, 9.17) is 10.5 Å². The molecular weight excluding hydrogens is 142 g/mol. The van der Waals surface area contributed by atoms with Gasteiger partial charge in [0, 0.05) is 20.1 Å². The molecule has 0 spiro atoms. The molecule has 4 nitrogen and oxygen atoms in total. The molecule has 11 heavy (non-hydrogen) atoms. The van der Waals surface area contributed by atoms with Gasteiger partial charge in [0.15, 0.2) is 5.96 Å². The van der Waals surface area contributed by atoms with Crippen molar-refractivity contribution in [2.45, 2.75) is 13.0 Å². The molecule has 0 saturated carbocycles. The van der Waals surface area contributed by atoms with Crippen LogP contribution in [0.5, 0.6) is 0 Å². The second kappa shape index (κ2) is 3.57. The number of morpholine rings is 1. The van der Waals surface area contributed by atoms with Gasteiger partial charge in [-0.15, -0.1) is 0 Å². The van der Waals surface area contributed by atoms with Gasteiger partial charge in [0.2, 0.25) is 0 Å². The van der Waals surface area contributed by atoms with Crippen LogP contribution in [0.4, 0.5) is 0 Å². The van der Waals surface area contributed by atoms with E-state index in [1.54, 1.807) is 7.05 Å². The lowest BCUT2D eigenvalue weighted by Crippen LogP contribution is -2.47. The fraction of sp³-hybridized carbons (Fsp3) is 0.857. The molecule has 64 valence electrons. The van der Waals surface area contributed by atoms with E-state index >= 15 is 0 Å². The van der Waals surface area contributed by atoms with Gasteiger partial charge in [0.25, 0.3) is 0 Å². The van der Waals surface area contributed by atoms with Crippen LogP contribution < -0.4 is 5.73 Å². The Morgan fingerprint density at radius 1 is 1.73 bits per heavy atom. The highest BCUT2D eigenvalue weighted by Gasteiger charge is 2.17. The van der Waals surface area contributed by atoms with E-state index in [9.17, 15) is 0 Å². The van der Waals surface area contributed by atoms with E-state index in [0.29, 0.717) is 5.96 Å². The lowest BCUT2D eigenvalue weighted by Gasteiger charge is -2.31. The number of guanidine groups is 1. The van der Waals surface area contributed by atoms with Crippen LogP contribution in [0, 0.1) is 0 Å². The second-order valence-corrected chi connectivity index (χ2v) is 2.71. The van der Waals surface area contributed by atoms with Crippen LogP contribution in [0.1, 0.15) is 6.92 Å². The highest BCUT2D eigenvalue weighted by molar-refractivity contribution is 5.77. The van der Waals surface area contributed by atoms with Crippen molar-refractivity contribution in [1.29, 1.82) is 0 Å². The van der Waals surface area contributed by atoms with Gasteiger partial charge < -0.3 is 15.4 Å². The van der Waals surface area contributed by atoms with Crippen molar-refractivity contribution in [3.63, 3.8) is 0 Å². The first-order chi connectivity index (χ1) is 5.24. The van der Waals surface area contributed by atoms with E-state index in [2.05, 4.69) is 4.99 Å². The quantitative estimate of drug-likeness (QED) is 0.386. The molecule has 0 radical (unpaired) electrons. The van der Waals surface area contributed by atoms with E-state index in [-0.39, 0.29) is 6.10 Å². The van der Waals surface area contributed by atoms with Crippen molar-refractivity contribution in [3.05, 3.63) is 0 Å². The maximum Gasteiger partial charge on any atom is 0.191 e. The van der Waals surface area contributed by atoms with Gasteiger partial charge >= 0.3 is 0 Å². The van der Waals surface area contributed by atoms with Crippen LogP contribution in [-0.4, -0.2) is 43.7 Å². The molecule has 1 heterocycles. The molecule has 0 amide bonds. The molecule has 0 aromatic heterocycles. The van der Waals surface area contributed by atoms with Gasteiger partial charge in [0.1, 0.15) is 0 Å². The first-order valence-corrected chi connectivity index (χ1v) is 3.83. The first kappa shape index (κ1) is 8.33. The smallest absolute Gasteiger partial charge is 0.191 e. The standard InChI is InChI=1S/C7H15N3O/c1-6-5-10(3-4-11-6)7(8)9-2/h6H,3-5H2,1-2H3,(H2,8,9). The topological polar surface area (TPSA) is 50.8 Å². The molecule has 1 atom stereocenters. The summed E-state index contributed by atoms with van der Waals surface area (Å²) in [7, 11) is 1.70. The summed E-state index contributed by atoms with van der Waals surface area (Å²) >= 11 is 0. The largest absolute Gasteiger partial charge is 0.375 e. The van der Waals surface area contributed by atoms with Gasteiger partial charge in [0.05, 0.1) is 12.7 Å². The Morgan fingerprint density at radius 3 is 3.00 bits per heavy atom. The average Bonchev–Trinajstić information content (AvgIpc) is 2.03. The van der Waals surface area contributed by atoms with Crippen molar-refractivity contribution >= 4 is 5.96 Å². The number of hydrogen-bond donors (Lipinski definition) is 1. The van der Waals surface area contributed by atoms with E-state index in [0.717, 1.165) is 19.7 Å². The normalized spacial score (nSPS) is 27.3. The molecule has 0 bridgehead atoms. The summed E-state index contributed by atoms with van der Waals surface area (Å²) in [6, 6.07) is 0. The Morgan fingerprint density at radius 2 is 2.45 bits per heavy atom. The van der Waals surface area contributed by atoms with Crippen molar-refractivity contribution in [2.24, 2.45) is 10.7 Å². The lowest BCUT2D eigenvalue weighted by atomic mass is 10.3. The third-order valence-corrected chi connectivity index (χ3v) is 1.79. The van der Waals surface area contributed by atoms with E-state index in [1.807, 2.05) is 11.8 Å². The monoisotopic (exact) mass is 157 g/mol. The summed E-state index contributed by atoms with van der Waals surface area (Å²) in [6.07, 6.45) is 0.268. The zero-order valence-corrected chi connectivity index (χ0v) is 7.08.